The summed E-state index contributed by atoms with van der Waals surface area (Å²) in [4.78, 5) is 32.3. The highest BCUT2D eigenvalue weighted by Gasteiger charge is 2.33. The highest BCUT2D eigenvalue weighted by atomic mass is 32.1. The van der Waals surface area contributed by atoms with Gasteiger partial charge in [0, 0.05) is 26.2 Å². The normalized spacial score (nSPS) is 22.8. The van der Waals surface area contributed by atoms with Crippen LogP contribution < -0.4 is 10.6 Å². The van der Waals surface area contributed by atoms with Crippen molar-refractivity contribution in [2.45, 2.75) is 13.0 Å². The van der Waals surface area contributed by atoms with Gasteiger partial charge in [0.05, 0.1) is 36.5 Å². The van der Waals surface area contributed by atoms with Gasteiger partial charge in [-0.1, -0.05) is 11.2 Å². The van der Waals surface area contributed by atoms with Crippen LogP contribution in [0.3, 0.4) is 0 Å². The molecule has 2 saturated heterocycles. The number of carbonyl (C=O) groups excluding carboxylic acids is 2. The van der Waals surface area contributed by atoms with E-state index in [1.165, 1.54) is 11.3 Å². The maximum Gasteiger partial charge on any atom is 0.268 e. The van der Waals surface area contributed by atoms with E-state index in [1.807, 2.05) is 22.4 Å². The van der Waals surface area contributed by atoms with Gasteiger partial charge in [-0.05, 0) is 17.9 Å². The molecule has 2 amide bonds. The van der Waals surface area contributed by atoms with Crippen LogP contribution in [0.15, 0.2) is 22.0 Å². The van der Waals surface area contributed by atoms with Crippen molar-refractivity contribution < 1.29 is 18.8 Å². The Morgan fingerprint density at radius 2 is 2.11 bits per heavy atom. The molecule has 2 aromatic rings. The molecule has 9 nitrogen and oxygen atoms in total. The zero-order chi connectivity index (χ0) is 19.3. The Kier molecular flexibility index (Phi) is 5.98. The van der Waals surface area contributed by atoms with Gasteiger partial charge in [0.1, 0.15) is 0 Å². The summed E-state index contributed by atoms with van der Waals surface area (Å²) in [5.74, 6) is 0.448. The lowest BCUT2D eigenvalue weighted by atomic mass is 9.88. The molecule has 0 aromatic carbocycles. The van der Waals surface area contributed by atoms with Crippen molar-refractivity contribution >= 4 is 23.2 Å². The lowest BCUT2D eigenvalue weighted by Crippen LogP contribution is -2.51. The third-order valence-electron chi connectivity index (χ3n) is 5.01. The number of carbonyl (C=O) groups is 2. The van der Waals surface area contributed by atoms with Gasteiger partial charge in [-0.2, -0.15) is 4.98 Å². The topological polar surface area (TPSA) is 110 Å². The molecule has 0 bridgehead atoms. The molecule has 2 aliphatic heterocycles. The molecule has 2 aliphatic rings. The van der Waals surface area contributed by atoms with Crippen molar-refractivity contribution in [1.82, 2.24) is 25.7 Å². The summed E-state index contributed by atoms with van der Waals surface area (Å²) in [7, 11) is 0. The van der Waals surface area contributed by atoms with Crippen molar-refractivity contribution in [1.29, 1.82) is 0 Å². The molecule has 2 N–H and O–H groups in total. The van der Waals surface area contributed by atoms with E-state index in [9.17, 15) is 9.59 Å². The molecule has 0 spiro atoms. The van der Waals surface area contributed by atoms with Gasteiger partial charge in [-0.25, -0.2) is 0 Å². The molecule has 150 valence electrons. The first kappa shape index (κ1) is 19.0. The average molecular weight is 405 g/mol. The Labute approximate surface area is 166 Å². The molecule has 0 radical (unpaired) electrons. The number of rotatable bonds is 5. The molecule has 4 rings (SSSR count). The van der Waals surface area contributed by atoms with Crippen LogP contribution in [0.1, 0.15) is 12.2 Å². The third kappa shape index (κ3) is 4.40. The van der Waals surface area contributed by atoms with Crippen molar-refractivity contribution in [3.8, 4) is 10.8 Å². The predicted octanol–water partition coefficient (Wildman–Crippen LogP) is 0.499. The molecular weight excluding hydrogens is 382 g/mol. The number of nitrogens with zero attached hydrogens (tertiary/aromatic N) is 3. The van der Waals surface area contributed by atoms with Gasteiger partial charge in [0.25, 0.3) is 5.89 Å². The molecule has 2 atom stereocenters. The van der Waals surface area contributed by atoms with Crippen molar-refractivity contribution in [3.05, 3.63) is 23.3 Å². The number of nitrogens with one attached hydrogen (secondary N) is 2. The van der Waals surface area contributed by atoms with E-state index in [2.05, 4.69) is 20.8 Å². The fourth-order valence-electron chi connectivity index (χ4n) is 3.51. The SMILES string of the molecule is O=C(NCc1noc(-c2cccs2)n1)[C@H]1CNC[C@H](C(=O)N2CCOCC2)C1. The van der Waals surface area contributed by atoms with Crippen LogP contribution in [0.5, 0.6) is 0 Å². The Morgan fingerprint density at radius 3 is 2.89 bits per heavy atom. The minimum absolute atomic E-state index is 0.102. The van der Waals surface area contributed by atoms with Crippen molar-refractivity contribution in [2.75, 3.05) is 39.4 Å². The number of hydrogen-bond acceptors (Lipinski definition) is 8. The first-order chi connectivity index (χ1) is 13.7. The van der Waals surface area contributed by atoms with E-state index in [4.69, 9.17) is 9.26 Å². The van der Waals surface area contributed by atoms with E-state index in [0.717, 1.165) is 4.88 Å². The lowest BCUT2D eigenvalue weighted by molar-refractivity contribution is -0.141. The van der Waals surface area contributed by atoms with E-state index >= 15 is 0 Å². The van der Waals surface area contributed by atoms with Crippen LogP contribution in [0.25, 0.3) is 10.8 Å². The lowest BCUT2D eigenvalue weighted by Gasteiger charge is -2.34. The van der Waals surface area contributed by atoms with E-state index in [0.29, 0.717) is 57.5 Å². The summed E-state index contributed by atoms with van der Waals surface area (Å²) >= 11 is 1.52. The molecule has 10 heteroatoms. The number of piperidine rings is 1. The summed E-state index contributed by atoms with van der Waals surface area (Å²) in [6, 6.07) is 3.82. The van der Waals surface area contributed by atoms with Crippen LogP contribution in [-0.4, -0.2) is 66.2 Å². The Balaban J connectivity index is 1.29. The predicted molar refractivity (Wildman–Crippen MR) is 101 cm³/mol. The Morgan fingerprint density at radius 1 is 1.29 bits per heavy atom. The standard InChI is InChI=1S/C18H23N5O4S/c24-16(20-11-15-21-17(27-22-15)14-2-1-7-28-14)12-8-13(10-19-9-12)18(25)23-3-5-26-6-4-23/h1-2,7,12-13,19H,3-6,8-11H2,(H,20,24)/t12-,13-/m1/s1. The second kappa shape index (κ2) is 8.80. The van der Waals surface area contributed by atoms with Gasteiger partial charge in [0.15, 0.2) is 5.82 Å². The summed E-state index contributed by atoms with van der Waals surface area (Å²) in [6.07, 6.45) is 0.543. The molecule has 0 saturated carbocycles. The second-order valence-electron chi connectivity index (χ2n) is 6.94. The minimum atomic E-state index is -0.257. The molecule has 28 heavy (non-hydrogen) atoms. The highest BCUT2D eigenvalue weighted by Crippen LogP contribution is 2.23. The zero-order valence-corrected chi connectivity index (χ0v) is 16.2. The molecular formula is C18H23N5O4S. The Bertz CT molecular complexity index is 803. The summed E-state index contributed by atoms with van der Waals surface area (Å²) in [5, 5.41) is 11.9. The average Bonchev–Trinajstić information content (AvgIpc) is 3.44. The first-order valence-corrected chi connectivity index (χ1v) is 10.3. The van der Waals surface area contributed by atoms with Crippen LogP contribution in [0, 0.1) is 11.8 Å². The highest BCUT2D eigenvalue weighted by molar-refractivity contribution is 7.13. The number of thiophene rings is 1. The van der Waals surface area contributed by atoms with Gasteiger partial charge in [0.2, 0.25) is 11.8 Å². The van der Waals surface area contributed by atoms with Crippen molar-refractivity contribution in [3.63, 3.8) is 0 Å². The van der Waals surface area contributed by atoms with E-state index in [1.54, 1.807) is 0 Å². The summed E-state index contributed by atoms with van der Waals surface area (Å²) in [5.41, 5.74) is 0. The van der Waals surface area contributed by atoms with Crippen LogP contribution in [-0.2, 0) is 20.9 Å². The quantitative estimate of drug-likeness (QED) is 0.745. The summed E-state index contributed by atoms with van der Waals surface area (Å²) < 4.78 is 10.5. The molecule has 0 aliphatic carbocycles. The number of ether oxygens (including phenoxy) is 1. The molecule has 4 heterocycles. The number of aromatic nitrogens is 2. The first-order valence-electron chi connectivity index (χ1n) is 9.42. The van der Waals surface area contributed by atoms with Crippen molar-refractivity contribution in [2.24, 2.45) is 11.8 Å². The molecule has 2 fully saturated rings. The van der Waals surface area contributed by atoms with Gasteiger partial charge < -0.3 is 24.8 Å². The van der Waals surface area contributed by atoms with Crippen LogP contribution >= 0.6 is 11.3 Å². The number of hydrogen-bond donors (Lipinski definition) is 2. The fraction of sp³-hybridized carbons (Fsp3) is 0.556. The van der Waals surface area contributed by atoms with Gasteiger partial charge in [-0.15, -0.1) is 11.3 Å². The molecule has 0 unspecified atom stereocenters. The maximum atomic E-state index is 12.7. The number of amides is 2. The minimum Gasteiger partial charge on any atom is -0.378 e. The number of morpholine rings is 1. The van der Waals surface area contributed by atoms with Gasteiger partial charge >= 0.3 is 0 Å². The third-order valence-corrected chi connectivity index (χ3v) is 5.87. The van der Waals surface area contributed by atoms with Gasteiger partial charge in [-0.3, -0.25) is 9.59 Å². The van der Waals surface area contributed by atoms with E-state index < -0.39 is 0 Å². The van der Waals surface area contributed by atoms with Crippen LogP contribution in [0.4, 0.5) is 0 Å². The largest absolute Gasteiger partial charge is 0.378 e. The van der Waals surface area contributed by atoms with E-state index in [-0.39, 0.29) is 30.2 Å². The zero-order valence-electron chi connectivity index (χ0n) is 15.4. The maximum absolute atomic E-state index is 12.7. The molecule has 2 aromatic heterocycles. The fourth-order valence-corrected chi connectivity index (χ4v) is 4.15. The second-order valence-corrected chi connectivity index (χ2v) is 7.88. The smallest absolute Gasteiger partial charge is 0.268 e. The van der Waals surface area contributed by atoms with Crippen LogP contribution in [0.2, 0.25) is 0 Å². The monoisotopic (exact) mass is 405 g/mol. The summed E-state index contributed by atoms with van der Waals surface area (Å²) in [6.45, 7) is 3.77. The Hall–Kier alpha value is -2.30.